The normalized spacial score (nSPS) is 23.7. The smallest absolute Gasteiger partial charge is 0.245 e. The van der Waals surface area contributed by atoms with Crippen molar-refractivity contribution in [2.45, 2.75) is 168 Å². The maximum absolute atomic E-state index is 14.3. The number of ketones is 2. The number of Topliss-reactive ketones (excluding diaryl/α,β-unsaturated/α-hetero) is 2. The standard InChI is InChI=1S/C42H65N7O8S.C6H12.C4H9N/c1-6-25(3)31-22-35(51)34(19-28-23-45-32-13-9-8-12-30(28)32)46-38(54)15-18-58-17-14-33(42(57)49(5)29(24-50)11-10-16-43)47-40(55)27(21-37(44)53)20-36(52)39(26(4)7-2)48-41(31)56;1-2-3-6-4-5-6;1-5-4-2-3-4/h8-9,12-13,23,25-27,29,31,33-34,39,45,50H,6-7,10-11,14-22,24,43H2,1-5H3,(H2,44,53)(H,46,54)(H,47,55)(H,48,56);6H,2-5H2,1H3;4-5H,2-3H2,1H3/t25-,26+,27-,29-,31-,33-,34+,39-;;/m0../s1. The molecule has 5 amide bonds. The molecule has 2 aromatic rings. The summed E-state index contributed by atoms with van der Waals surface area (Å²) in [5.41, 5.74) is 13.0. The number of nitrogens with zero attached hydrogens (tertiary/aromatic N) is 1. The lowest BCUT2D eigenvalue weighted by Gasteiger charge is -2.32. The summed E-state index contributed by atoms with van der Waals surface area (Å²) in [5.74, 6) is -4.56. The molecule has 16 nitrogen and oxygen atoms in total. The number of benzene rings is 1. The van der Waals surface area contributed by atoms with Crippen molar-refractivity contribution < 1.29 is 38.7 Å². The average molecular weight is 983 g/mol. The minimum Gasteiger partial charge on any atom is -0.394 e. The lowest BCUT2D eigenvalue weighted by Crippen LogP contribution is -2.53. The summed E-state index contributed by atoms with van der Waals surface area (Å²) in [6.45, 7) is 9.73. The Balaban J connectivity index is 0.000000999. The van der Waals surface area contributed by atoms with Crippen LogP contribution in [0.25, 0.3) is 10.9 Å². The van der Waals surface area contributed by atoms with Crippen LogP contribution in [0.15, 0.2) is 30.5 Å². The van der Waals surface area contributed by atoms with Crippen molar-refractivity contribution in [1.29, 1.82) is 0 Å². The van der Waals surface area contributed by atoms with Crippen LogP contribution in [-0.2, 0) is 40.0 Å². The van der Waals surface area contributed by atoms with Crippen molar-refractivity contribution in [3.63, 3.8) is 0 Å². The van der Waals surface area contributed by atoms with Crippen LogP contribution in [0.5, 0.6) is 0 Å². The second-order valence-electron chi connectivity index (χ2n) is 19.5. The lowest BCUT2D eigenvalue weighted by atomic mass is 9.83. The van der Waals surface area contributed by atoms with Gasteiger partial charge in [0.15, 0.2) is 11.6 Å². The molecule has 0 spiro atoms. The summed E-state index contributed by atoms with van der Waals surface area (Å²) < 4.78 is 0. The Hall–Kier alpha value is -4.32. The summed E-state index contributed by atoms with van der Waals surface area (Å²) in [5, 5.41) is 22.7. The van der Waals surface area contributed by atoms with Crippen LogP contribution >= 0.6 is 11.8 Å². The Labute approximate surface area is 415 Å². The summed E-state index contributed by atoms with van der Waals surface area (Å²) in [6.07, 6.45) is 11.9. The third kappa shape index (κ3) is 20.5. The largest absolute Gasteiger partial charge is 0.394 e. The molecule has 1 aromatic heterocycles. The summed E-state index contributed by atoms with van der Waals surface area (Å²) in [6, 6.07) is 4.90. The van der Waals surface area contributed by atoms with Crippen molar-refractivity contribution in [1.82, 2.24) is 31.2 Å². The molecular weight excluding hydrogens is 897 g/mol. The SMILES string of the molecule is CCCC1CC1.CC[C@@H](C)[C@@H]1NC(=O)[C@H]([C@@H](C)CC)CC(=O)[C@@H](Cc2c[nH]c3ccccc23)NC(=O)CCSCC[C@@H](C(=O)N(C)[C@H](CO)CCCN)NC(=O)[C@H](CC(N)=O)CC1=O.CNC1CC1. The summed E-state index contributed by atoms with van der Waals surface area (Å²) in [7, 11) is 3.54. The average Bonchev–Trinajstić information content (AvgIpc) is 4.29. The Morgan fingerprint density at radius 1 is 0.899 bits per heavy atom. The van der Waals surface area contributed by atoms with E-state index >= 15 is 0 Å². The van der Waals surface area contributed by atoms with Crippen molar-refractivity contribution >= 4 is 63.8 Å². The molecule has 2 aliphatic carbocycles. The molecule has 17 heteroatoms. The van der Waals surface area contributed by atoms with Gasteiger partial charge in [-0.25, -0.2) is 0 Å². The van der Waals surface area contributed by atoms with Gasteiger partial charge in [-0.15, -0.1) is 0 Å². The van der Waals surface area contributed by atoms with E-state index in [0.29, 0.717) is 43.7 Å². The van der Waals surface area contributed by atoms with Gasteiger partial charge in [-0.2, -0.15) is 11.8 Å². The zero-order valence-electron chi connectivity index (χ0n) is 42.6. The first kappa shape index (κ1) is 59.0. The zero-order chi connectivity index (χ0) is 51.0. The van der Waals surface area contributed by atoms with E-state index in [2.05, 4.69) is 33.2 Å². The van der Waals surface area contributed by atoms with Crippen molar-refractivity contribution in [2.24, 2.45) is 41.1 Å². The number of aromatic amines is 1. The van der Waals surface area contributed by atoms with Crippen LogP contribution in [0, 0.1) is 29.6 Å². The molecule has 388 valence electrons. The molecule has 10 N–H and O–H groups in total. The third-order valence-electron chi connectivity index (χ3n) is 13.9. The molecule has 0 radical (unpaired) electrons. The van der Waals surface area contributed by atoms with Crippen LogP contribution in [0.2, 0.25) is 0 Å². The fourth-order valence-corrected chi connectivity index (χ4v) is 9.46. The fourth-order valence-electron chi connectivity index (χ4n) is 8.52. The maximum Gasteiger partial charge on any atom is 0.245 e. The first-order valence-electron chi connectivity index (χ1n) is 25.6. The van der Waals surface area contributed by atoms with Gasteiger partial charge in [0.2, 0.25) is 29.5 Å². The highest BCUT2D eigenvalue weighted by Gasteiger charge is 2.37. The molecule has 3 fully saturated rings. The Morgan fingerprint density at radius 2 is 1.59 bits per heavy atom. The number of amides is 5. The molecule has 1 aromatic carbocycles. The predicted molar refractivity (Wildman–Crippen MR) is 275 cm³/mol. The van der Waals surface area contributed by atoms with Gasteiger partial charge in [-0.05, 0) is 80.8 Å². The van der Waals surface area contributed by atoms with E-state index in [-0.39, 0.29) is 55.8 Å². The highest BCUT2D eigenvalue weighted by Crippen LogP contribution is 2.33. The van der Waals surface area contributed by atoms with Crippen molar-refractivity contribution in [2.75, 3.05) is 38.8 Å². The molecule has 0 unspecified atom stereocenters. The minimum absolute atomic E-state index is 0.0630. The number of aliphatic hydroxyl groups excluding tert-OH is 1. The minimum atomic E-state index is -1.24. The number of likely N-dealkylation sites (N-methyl/N-ethyl adjacent to an activating group) is 1. The van der Waals surface area contributed by atoms with Gasteiger partial charge in [0.25, 0.3) is 0 Å². The van der Waals surface area contributed by atoms with Gasteiger partial charge in [0, 0.05) is 74.0 Å². The summed E-state index contributed by atoms with van der Waals surface area (Å²) in [4.78, 5) is 101. The maximum atomic E-state index is 14.3. The van der Waals surface area contributed by atoms with Gasteiger partial charge >= 0.3 is 0 Å². The number of para-hydroxylation sites is 1. The third-order valence-corrected chi connectivity index (χ3v) is 14.9. The monoisotopic (exact) mass is 983 g/mol. The molecular formula is C52H86N8O8S. The van der Waals surface area contributed by atoms with Gasteiger partial charge in [-0.1, -0.05) is 91.3 Å². The van der Waals surface area contributed by atoms with E-state index in [1.54, 1.807) is 6.92 Å². The number of hydrogen-bond donors (Lipinski definition) is 8. The summed E-state index contributed by atoms with van der Waals surface area (Å²) >= 11 is 1.38. The number of fused-ring (bicyclic) bond motifs is 1. The van der Waals surface area contributed by atoms with Crippen molar-refractivity contribution in [3.05, 3.63) is 36.0 Å². The quantitative estimate of drug-likeness (QED) is 0.105. The molecule has 2 heterocycles. The fraction of sp³-hybridized carbons (Fsp3) is 0.712. The molecule has 69 heavy (non-hydrogen) atoms. The molecule has 0 bridgehead atoms. The number of nitrogens with two attached hydrogens (primary N) is 2. The number of aliphatic hydroxyl groups is 1. The number of nitrogens with one attached hydrogen (secondary N) is 5. The molecule has 1 saturated heterocycles. The van der Waals surface area contributed by atoms with Gasteiger partial charge in [-0.3, -0.25) is 33.6 Å². The molecule has 3 aliphatic rings. The second kappa shape index (κ2) is 31.1. The number of primary amides is 1. The van der Waals surface area contributed by atoms with Crippen LogP contribution < -0.4 is 32.7 Å². The Bertz CT molecular complexity index is 1940. The van der Waals surface area contributed by atoms with Crippen LogP contribution in [0.4, 0.5) is 0 Å². The number of hydrogen-bond acceptors (Lipinski definition) is 11. The first-order chi connectivity index (χ1) is 33.0. The van der Waals surface area contributed by atoms with Crippen LogP contribution in [-0.4, -0.2) is 125 Å². The van der Waals surface area contributed by atoms with E-state index in [4.69, 9.17) is 11.5 Å². The van der Waals surface area contributed by atoms with E-state index in [1.807, 2.05) is 58.3 Å². The predicted octanol–water partition coefficient (Wildman–Crippen LogP) is 4.93. The number of aromatic nitrogens is 1. The van der Waals surface area contributed by atoms with Crippen LogP contribution in [0.1, 0.15) is 136 Å². The Kier molecular flexibility index (Phi) is 26.6. The Morgan fingerprint density at radius 3 is 2.16 bits per heavy atom. The van der Waals surface area contributed by atoms with Gasteiger partial charge in [0.05, 0.1) is 30.7 Å². The highest BCUT2D eigenvalue weighted by atomic mass is 32.2. The number of rotatable bonds is 17. The first-order valence-corrected chi connectivity index (χ1v) is 26.8. The zero-order valence-corrected chi connectivity index (χ0v) is 43.4. The van der Waals surface area contributed by atoms with E-state index < -0.39 is 78.3 Å². The number of H-pyrrole nitrogens is 1. The van der Waals surface area contributed by atoms with Crippen molar-refractivity contribution in [3.8, 4) is 0 Å². The second-order valence-corrected chi connectivity index (χ2v) is 20.7. The molecule has 2 saturated carbocycles. The van der Waals surface area contributed by atoms with Gasteiger partial charge in [0.1, 0.15) is 6.04 Å². The highest BCUT2D eigenvalue weighted by molar-refractivity contribution is 7.99. The van der Waals surface area contributed by atoms with Crippen LogP contribution in [0.3, 0.4) is 0 Å². The van der Waals surface area contributed by atoms with E-state index in [1.165, 1.54) is 62.2 Å². The topological polar surface area (TPSA) is 259 Å². The number of thioether (sulfide) groups is 1. The molecule has 5 rings (SSSR count). The van der Waals surface area contributed by atoms with E-state index in [9.17, 15) is 38.7 Å². The lowest BCUT2D eigenvalue weighted by molar-refractivity contribution is -0.140. The van der Waals surface area contributed by atoms with Gasteiger partial charge < -0.3 is 47.7 Å². The number of carbonyl (C=O) groups excluding carboxylic acids is 7. The number of carbonyl (C=O) groups is 7. The molecule has 1 aliphatic heterocycles. The molecule has 8 atom stereocenters. The van der Waals surface area contributed by atoms with E-state index in [0.717, 1.165) is 28.4 Å².